The topological polar surface area (TPSA) is 128 Å². The Morgan fingerprint density at radius 3 is 2.42 bits per heavy atom. The van der Waals surface area contributed by atoms with Crippen LogP contribution in [0.15, 0.2) is 48.0 Å². The number of amides is 1. The zero-order valence-electron chi connectivity index (χ0n) is 20.7. The van der Waals surface area contributed by atoms with Crippen LogP contribution < -0.4 is 9.47 Å². The number of nitro benzene ring substituents is 1. The molecule has 1 N–H and O–H groups in total. The first-order valence-corrected chi connectivity index (χ1v) is 11.6. The molecule has 1 aliphatic rings. The fraction of sp³-hybridized carbons (Fsp3) is 0.385. The van der Waals surface area contributed by atoms with Crippen molar-refractivity contribution < 1.29 is 33.8 Å². The lowest BCUT2D eigenvalue weighted by molar-refractivity contribution is -0.384. The number of nitrogens with zero attached hydrogens (tertiary/aromatic N) is 2. The third-order valence-electron chi connectivity index (χ3n) is 5.69. The Morgan fingerprint density at radius 2 is 1.83 bits per heavy atom. The van der Waals surface area contributed by atoms with Gasteiger partial charge < -0.3 is 24.2 Å². The molecule has 1 aliphatic heterocycles. The van der Waals surface area contributed by atoms with E-state index in [4.69, 9.17) is 14.2 Å². The molecule has 0 aliphatic carbocycles. The first kappa shape index (κ1) is 26.7. The van der Waals surface area contributed by atoms with Crippen LogP contribution in [0.1, 0.15) is 44.4 Å². The maximum Gasteiger partial charge on any atom is 0.295 e. The number of ketones is 1. The van der Waals surface area contributed by atoms with Crippen LogP contribution in [0.4, 0.5) is 5.69 Å². The zero-order chi connectivity index (χ0) is 26.4. The van der Waals surface area contributed by atoms with E-state index in [1.165, 1.54) is 36.3 Å². The van der Waals surface area contributed by atoms with E-state index in [-0.39, 0.29) is 29.5 Å². The number of nitro groups is 1. The number of benzene rings is 2. The molecule has 1 heterocycles. The van der Waals surface area contributed by atoms with Crippen LogP contribution in [0.3, 0.4) is 0 Å². The molecule has 1 amide bonds. The van der Waals surface area contributed by atoms with Crippen LogP contribution in [-0.4, -0.2) is 59.6 Å². The van der Waals surface area contributed by atoms with Gasteiger partial charge in [-0.1, -0.05) is 6.07 Å². The summed E-state index contributed by atoms with van der Waals surface area (Å²) in [6.45, 7) is 6.61. The highest BCUT2D eigenvalue weighted by Gasteiger charge is 2.46. The molecule has 3 rings (SSSR count). The molecule has 36 heavy (non-hydrogen) atoms. The van der Waals surface area contributed by atoms with Crippen molar-refractivity contribution >= 4 is 23.1 Å². The first-order chi connectivity index (χ1) is 17.2. The van der Waals surface area contributed by atoms with E-state index in [9.17, 15) is 24.8 Å². The summed E-state index contributed by atoms with van der Waals surface area (Å²) in [7, 11) is 1.51. The number of aliphatic hydroxyl groups excluding tert-OH is 1. The van der Waals surface area contributed by atoms with Crippen LogP contribution in [-0.2, 0) is 14.3 Å². The van der Waals surface area contributed by atoms with Crippen LogP contribution in [0.5, 0.6) is 11.5 Å². The highest BCUT2D eigenvalue weighted by molar-refractivity contribution is 6.46. The Labute approximate surface area is 209 Å². The van der Waals surface area contributed by atoms with Gasteiger partial charge in [-0.3, -0.25) is 19.7 Å². The van der Waals surface area contributed by atoms with E-state index in [0.717, 1.165) is 0 Å². The molecule has 0 aromatic heterocycles. The monoisotopic (exact) mass is 498 g/mol. The van der Waals surface area contributed by atoms with Gasteiger partial charge in [0.05, 0.1) is 36.4 Å². The second-order valence-corrected chi connectivity index (χ2v) is 8.41. The van der Waals surface area contributed by atoms with Crippen molar-refractivity contribution in [3.8, 4) is 11.5 Å². The number of non-ortho nitro benzene ring substituents is 1. The minimum absolute atomic E-state index is 0.0219. The third-order valence-corrected chi connectivity index (χ3v) is 5.69. The molecule has 0 spiro atoms. The zero-order valence-corrected chi connectivity index (χ0v) is 20.7. The van der Waals surface area contributed by atoms with E-state index in [1.807, 2.05) is 20.8 Å². The smallest absolute Gasteiger partial charge is 0.295 e. The average molecular weight is 499 g/mol. The van der Waals surface area contributed by atoms with Gasteiger partial charge in [-0.15, -0.1) is 0 Å². The largest absolute Gasteiger partial charge is 0.507 e. The van der Waals surface area contributed by atoms with E-state index in [2.05, 4.69) is 0 Å². The SMILES string of the molecule is CCOc1cc(C2/C(=C(/O)c3ccc([N+](=O)[O-])cc3)C(=O)C(=O)N2CCCOC(C)C)ccc1OC. The molecule has 1 fully saturated rings. The molecule has 2 aromatic carbocycles. The quantitative estimate of drug-likeness (QED) is 0.122. The highest BCUT2D eigenvalue weighted by Crippen LogP contribution is 2.42. The summed E-state index contributed by atoms with van der Waals surface area (Å²) in [6, 6.07) is 9.30. The third kappa shape index (κ3) is 5.65. The molecule has 192 valence electrons. The van der Waals surface area contributed by atoms with Crippen LogP contribution in [0.25, 0.3) is 5.76 Å². The normalized spacial score (nSPS) is 17.0. The van der Waals surface area contributed by atoms with Crippen molar-refractivity contribution in [1.82, 2.24) is 4.90 Å². The molecular formula is C26H30N2O8. The van der Waals surface area contributed by atoms with E-state index >= 15 is 0 Å². The predicted molar refractivity (Wildman–Crippen MR) is 132 cm³/mol. The molecule has 2 aromatic rings. The summed E-state index contributed by atoms with van der Waals surface area (Å²) in [4.78, 5) is 38.1. The Morgan fingerprint density at radius 1 is 1.14 bits per heavy atom. The van der Waals surface area contributed by atoms with Crippen molar-refractivity contribution in [3.63, 3.8) is 0 Å². The number of carbonyl (C=O) groups excluding carboxylic acids is 2. The molecule has 0 bridgehead atoms. The molecular weight excluding hydrogens is 468 g/mol. The molecule has 1 unspecified atom stereocenters. The summed E-state index contributed by atoms with van der Waals surface area (Å²) in [6.07, 6.45) is 0.502. The summed E-state index contributed by atoms with van der Waals surface area (Å²) in [5, 5.41) is 22.1. The van der Waals surface area contributed by atoms with Crippen LogP contribution >= 0.6 is 0 Å². The summed E-state index contributed by atoms with van der Waals surface area (Å²) in [5.41, 5.74) is 0.466. The number of hydrogen-bond acceptors (Lipinski definition) is 8. The van der Waals surface area contributed by atoms with Gasteiger partial charge in [-0.05, 0) is 57.0 Å². The fourth-order valence-corrected chi connectivity index (χ4v) is 4.04. The fourth-order valence-electron chi connectivity index (χ4n) is 4.04. The molecule has 1 atom stereocenters. The lowest BCUT2D eigenvalue weighted by Crippen LogP contribution is -2.31. The molecule has 10 nitrogen and oxygen atoms in total. The molecule has 0 saturated carbocycles. The predicted octanol–water partition coefficient (Wildman–Crippen LogP) is 4.24. The van der Waals surface area contributed by atoms with E-state index in [1.54, 1.807) is 18.2 Å². The van der Waals surface area contributed by atoms with Gasteiger partial charge in [0, 0.05) is 30.8 Å². The Hall–Kier alpha value is -3.92. The lowest BCUT2D eigenvalue weighted by Gasteiger charge is -2.26. The number of rotatable bonds is 11. The van der Waals surface area contributed by atoms with Crippen molar-refractivity contribution in [2.45, 2.75) is 39.3 Å². The van der Waals surface area contributed by atoms with Gasteiger partial charge in [0.2, 0.25) is 0 Å². The van der Waals surface area contributed by atoms with Gasteiger partial charge >= 0.3 is 0 Å². The van der Waals surface area contributed by atoms with Crippen molar-refractivity contribution in [2.75, 3.05) is 26.9 Å². The van der Waals surface area contributed by atoms with Gasteiger partial charge in [0.1, 0.15) is 5.76 Å². The number of likely N-dealkylation sites (tertiary alicyclic amines) is 1. The van der Waals surface area contributed by atoms with Gasteiger partial charge in [-0.2, -0.15) is 0 Å². The second-order valence-electron chi connectivity index (χ2n) is 8.41. The maximum absolute atomic E-state index is 13.2. The summed E-state index contributed by atoms with van der Waals surface area (Å²) < 4.78 is 16.6. The first-order valence-electron chi connectivity index (χ1n) is 11.6. The number of Topliss-reactive ketones (excluding diaryl/α,β-unsaturated/α-hetero) is 1. The number of hydrogen-bond donors (Lipinski definition) is 1. The Bertz CT molecular complexity index is 1160. The molecule has 0 radical (unpaired) electrons. The second kappa shape index (κ2) is 11.7. The number of aliphatic hydroxyl groups is 1. The number of ether oxygens (including phenoxy) is 3. The highest BCUT2D eigenvalue weighted by atomic mass is 16.6. The van der Waals surface area contributed by atoms with E-state index in [0.29, 0.717) is 36.7 Å². The maximum atomic E-state index is 13.2. The minimum Gasteiger partial charge on any atom is -0.507 e. The summed E-state index contributed by atoms with van der Waals surface area (Å²) >= 11 is 0. The number of methoxy groups -OCH3 is 1. The Balaban J connectivity index is 2.10. The average Bonchev–Trinajstić information content (AvgIpc) is 3.11. The number of carbonyl (C=O) groups is 2. The van der Waals surface area contributed by atoms with Crippen molar-refractivity contribution in [1.29, 1.82) is 0 Å². The van der Waals surface area contributed by atoms with Gasteiger partial charge in [0.15, 0.2) is 11.5 Å². The lowest BCUT2D eigenvalue weighted by atomic mass is 9.95. The molecule has 1 saturated heterocycles. The van der Waals surface area contributed by atoms with Crippen LogP contribution in [0.2, 0.25) is 0 Å². The van der Waals surface area contributed by atoms with Gasteiger partial charge in [0.25, 0.3) is 17.4 Å². The van der Waals surface area contributed by atoms with Crippen molar-refractivity contribution in [3.05, 3.63) is 69.3 Å². The van der Waals surface area contributed by atoms with Gasteiger partial charge in [-0.25, -0.2) is 0 Å². The van der Waals surface area contributed by atoms with Crippen LogP contribution in [0, 0.1) is 10.1 Å². The standard InChI is InChI=1S/C26H30N2O8/c1-5-35-21-15-18(9-12-20(21)34-4)23-22(24(29)17-7-10-19(11-8-17)28(32)33)25(30)26(31)27(23)13-6-14-36-16(2)3/h7-12,15-16,23,29H,5-6,13-14H2,1-4H3/b24-22-. The molecule has 10 heteroatoms. The minimum atomic E-state index is -0.899. The van der Waals surface area contributed by atoms with Crippen molar-refractivity contribution in [2.24, 2.45) is 0 Å². The Kier molecular flexibility index (Phi) is 8.65. The van der Waals surface area contributed by atoms with E-state index < -0.39 is 28.4 Å². The summed E-state index contributed by atoms with van der Waals surface area (Å²) in [5.74, 6) is -1.08.